The molecule has 2 N–H and O–H groups in total. The van der Waals surface area contributed by atoms with Crippen LogP contribution in [0, 0.1) is 0 Å². The molecule has 0 saturated heterocycles. The van der Waals surface area contributed by atoms with Gasteiger partial charge < -0.3 is 14.9 Å². The van der Waals surface area contributed by atoms with Crippen LogP contribution < -0.4 is 0 Å². The van der Waals surface area contributed by atoms with Gasteiger partial charge in [-0.25, -0.2) is 0 Å². The van der Waals surface area contributed by atoms with Gasteiger partial charge in [0.15, 0.2) is 0 Å². The van der Waals surface area contributed by atoms with Crippen LogP contribution in [0.15, 0.2) is 30.3 Å². The third-order valence-electron chi connectivity index (χ3n) is 2.46. The fourth-order valence-corrected chi connectivity index (χ4v) is 1.40. The summed E-state index contributed by atoms with van der Waals surface area (Å²) in [5.41, 5.74) is 1.15. The summed E-state index contributed by atoms with van der Waals surface area (Å²) < 4.78 is 5.46. The van der Waals surface area contributed by atoms with E-state index in [0.717, 1.165) is 12.0 Å². The lowest BCUT2D eigenvalue weighted by atomic mass is 10.1. The van der Waals surface area contributed by atoms with Crippen LogP contribution in [0.25, 0.3) is 0 Å². The maximum Gasteiger partial charge on any atom is 0.0797 e. The molecule has 1 aromatic carbocycles. The fourth-order valence-electron chi connectivity index (χ4n) is 1.40. The normalized spacial score (nSPS) is 14.7. The highest BCUT2D eigenvalue weighted by atomic mass is 16.5. The fraction of sp³-hybridized carbons (Fsp3) is 0.538. The van der Waals surface area contributed by atoms with Crippen molar-refractivity contribution < 1.29 is 14.9 Å². The summed E-state index contributed by atoms with van der Waals surface area (Å²) in [5, 5.41) is 18.4. The van der Waals surface area contributed by atoms with Gasteiger partial charge in [-0.05, 0) is 25.3 Å². The van der Waals surface area contributed by atoms with E-state index in [-0.39, 0.29) is 0 Å². The highest BCUT2D eigenvalue weighted by Gasteiger charge is 2.09. The standard InChI is InChI=1S/C13H20O3/c1-11(14)13(15)8-5-9-16-10-12-6-3-2-4-7-12/h2-4,6-7,11,13-15H,5,8-10H2,1H3/t11-,13+/m0/s1. The van der Waals surface area contributed by atoms with E-state index in [4.69, 9.17) is 9.84 Å². The molecule has 3 heteroatoms. The number of rotatable bonds is 7. The molecular weight excluding hydrogens is 204 g/mol. The van der Waals surface area contributed by atoms with Crippen molar-refractivity contribution in [3.8, 4) is 0 Å². The Morgan fingerprint density at radius 2 is 1.88 bits per heavy atom. The van der Waals surface area contributed by atoms with Gasteiger partial charge in [0.25, 0.3) is 0 Å². The zero-order chi connectivity index (χ0) is 11.8. The Bertz CT molecular complexity index is 272. The van der Waals surface area contributed by atoms with Crippen molar-refractivity contribution in [3.63, 3.8) is 0 Å². The monoisotopic (exact) mass is 224 g/mol. The molecule has 0 bridgehead atoms. The molecule has 0 aliphatic carbocycles. The predicted octanol–water partition coefficient (Wildman–Crippen LogP) is 1.73. The Kier molecular flexibility index (Phi) is 6.08. The van der Waals surface area contributed by atoms with Gasteiger partial charge in [-0.2, -0.15) is 0 Å². The van der Waals surface area contributed by atoms with Crippen molar-refractivity contribution in [1.82, 2.24) is 0 Å². The zero-order valence-electron chi connectivity index (χ0n) is 9.67. The van der Waals surface area contributed by atoms with E-state index >= 15 is 0 Å². The van der Waals surface area contributed by atoms with Crippen LogP contribution in [0.1, 0.15) is 25.3 Å². The molecule has 1 aromatic rings. The number of hydrogen-bond acceptors (Lipinski definition) is 3. The molecule has 1 rings (SSSR count). The molecule has 0 saturated carbocycles. The number of hydrogen-bond donors (Lipinski definition) is 2. The van der Waals surface area contributed by atoms with E-state index in [1.54, 1.807) is 6.92 Å². The predicted molar refractivity (Wildman–Crippen MR) is 63.0 cm³/mol. The summed E-state index contributed by atoms with van der Waals surface area (Å²) in [6.07, 6.45) is 0.0418. The molecule has 2 atom stereocenters. The summed E-state index contributed by atoms with van der Waals surface area (Å²) in [4.78, 5) is 0. The van der Waals surface area contributed by atoms with Crippen molar-refractivity contribution in [1.29, 1.82) is 0 Å². The molecule has 0 aliphatic rings. The van der Waals surface area contributed by atoms with Crippen LogP contribution in [0.5, 0.6) is 0 Å². The molecule has 0 heterocycles. The molecule has 16 heavy (non-hydrogen) atoms. The van der Waals surface area contributed by atoms with Crippen LogP contribution in [-0.4, -0.2) is 29.0 Å². The lowest BCUT2D eigenvalue weighted by Crippen LogP contribution is -2.22. The average molecular weight is 224 g/mol. The first-order chi connectivity index (χ1) is 7.70. The molecular formula is C13H20O3. The van der Waals surface area contributed by atoms with Crippen LogP contribution in [0.2, 0.25) is 0 Å². The molecule has 0 amide bonds. The van der Waals surface area contributed by atoms with Crippen molar-refractivity contribution >= 4 is 0 Å². The quantitative estimate of drug-likeness (QED) is 0.693. The molecule has 0 aromatic heterocycles. The summed E-state index contributed by atoms with van der Waals surface area (Å²) in [7, 11) is 0. The lowest BCUT2D eigenvalue weighted by Gasteiger charge is -2.12. The Morgan fingerprint density at radius 1 is 1.19 bits per heavy atom. The maximum atomic E-state index is 9.34. The molecule has 0 spiro atoms. The molecule has 0 fully saturated rings. The second-order valence-corrected chi connectivity index (χ2v) is 3.99. The Morgan fingerprint density at radius 3 is 2.50 bits per heavy atom. The first-order valence-corrected chi connectivity index (χ1v) is 5.68. The van der Waals surface area contributed by atoms with Crippen molar-refractivity contribution in [2.75, 3.05) is 6.61 Å². The van der Waals surface area contributed by atoms with Gasteiger partial charge >= 0.3 is 0 Å². The van der Waals surface area contributed by atoms with E-state index in [1.165, 1.54) is 0 Å². The molecule has 3 nitrogen and oxygen atoms in total. The van der Waals surface area contributed by atoms with Gasteiger partial charge in [0.1, 0.15) is 0 Å². The third-order valence-corrected chi connectivity index (χ3v) is 2.46. The summed E-state index contributed by atoms with van der Waals surface area (Å²) >= 11 is 0. The Labute approximate surface area is 96.7 Å². The van der Waals surface area contributed by atoms with Gasteiger partial charge in [0.2, 0.25) is 0 Å². The SMILES string of the molecule is C[C@H](O)[C@H](O)CCCOCc1ccccc1. The number of benzene rings is 1. The van der Waals surface area contributed by atoms with Gasteiger partial charge in [0, 0.05) is 6.61 Å². The minimum absolute atomic E-state index is 0.576. The molecule has 0 aliphatic heterocycles. The maximum absolute atomic E-state index is 9.34. The summed E-state index contributed by atoms with van der Waals surface area (Å²) in [5.74, 6) is 0. The highest BCUT2D eigenvalue weighted by molar-refractivity contribution is 5.13. The lowest BCUT2D eigenvalue weighted by molar-refractivity contribution is 0.0175. The second-order valence-electron chi connectivity index (χ2n) is 3.99. The number of aliphatic hydroxyl groups is 2. The van der Waals surface area contributed by atoms with Crippen molar-refractivity contribution in [2.45, 2.75) is 38.6 Å². The Hall–Kier alpha value is -0.900. The Balaban J connectivity index is 2.04. The molecule has 0 radical (unpaired) electrons. The summed E-state index contributed by atoms with van der Waals surface area (Å²) in [6, 6.07) is 9.98. The van der Waals surface area contributed by atoms with E-state index in [0.29, 0.717) is 19.6 Å². The van der Waals surface area contributed by atoms with E-state index in [9.17, 15) is 5.11 Å². The van der Waals surface area contributed by atoms with E-state index in [2.05, 4.69) is 0 Å². The number of aliphatic hydroxyl groups excluding tert-OH is 2. The van der Waals surface area contributed by atoms with Gasteiger partial charge in [-0.15, -0.1) is 0 Å². The van der Waals surface area contributed by atoms with Gasteiger partial charge in [0.05, 0.1) is 18.8 Å². The largest absolute Gasteiger partial charge is 0.391 e. The average Bonchev–Trinajstić information content (AvgIpc) is 2.29. The highest BCUT2D eigenvalue weighted by Crippen LogP contribution is 2.04. The van der Waals surface area contributed by atoms with Crippen LogP contribution in [-0.2, 0) is 11.3 Å². The second kappa shape index (κ2) is 7.39. The van der Waals surface area contributed by atoms with Crippen LogP contribution in [0.3, 0.4) is 0 Å². The first kappa shape index (κ1) is 13.2. The summed E-state index contributed by atoms with van der Waals surface area (Å²) in [6.45, 7) is 2.81. The minimum Gasteiger partial charge on any atom is -0.391 e. The van der Waals surface area contributed by atoms with E-state index in [1.807, 2.05) is 30.3 Å². The van der Waals surface area contributed by atoms with E-state index < -0.39 is 12.2 Å². The first-order valence-electron chi connectivity index (χ1n) is 5.68. The van der Waals surface area contributed by atoms with Crippen LogP contribution in [0.4, 0.5) is 0 Å². The van der Waals surface area contributed by atoms with Crippen LogP contribution >= 0.6 is 0 Å². The smallest absolute Gasteiger partial charge is 0.0797 e. The van der Waals surface area contributed by atoms with Crippen molar-refractivity contribution in [3.05, 3.63) is 35.9 Å². The number of ether oxygens (including phenoxy) is 1. The van der Waals surface area contributed by atoms with Crippen molar-refractivity contribution in [2.24, 2.45) is 0 Å². The minimum atomic E-state index is -0.658. The molecule has 0 unspecified atom stereocenters. The van der Waals surface area contributed by atoms with Gasteiger partial charge in [-0.1, -0.05) is 30.3 Å². The third kappa shape index (κ3) is 5.26. The molecule has 90 valence electrons. The van der Waals surface area contributed by atoms with Gasteiger partial charge in [-0.3, -0.25) is 0 Å². The zero-order valence-corrected chi connectivity index (χ0v) is 9.67. The topological polar surface area (TPSA) is 49.7 Å².